The lowest BCUT2D eigenvalue weighted by molar-refractivity contribution is 0.0870. The van der Waals surface area contributed by atoms with Crippen LogP contribution in [-0.2, 0) is 6.54 Å². The molecular formula is C12H19N3O2S. The summed E-state index contributed by atoms with van der Waals surface area (Å²) in [6.45, 7) is 0.984. The number of carbonyl (C=O) groups excluding carboxylic acids is 1. The van der Waals surface area contributed by atoms with E-state index in [4.69, 9.17) is 5.73 Å². The fraction of sp³-hybridized carbons (Fsp3) is 0.667. The summed E-state index contributed by atoms with van der Waals surface area (Å²) >= 11 is 1.40. The minimum Gasteiger partial charge on any atom is -0.393 e. The molecule has 1 amide bonds. The first-order valence-electron chi connectivity index (χ1n) is 6.29. The Balaban J connectivity index is 1.80. The molecule has 4 N–H and O–H groups in total. The number of aliphatic hydroxyl groups excluding tert-OH is 1. The molecule has 1 aliphatic carbocycles. The maximum absolute atomic E-state index is 11.8. The maximum atomic E-state index is 11.8. The van der Waals surface area contributed by atoms with Crippen LogP contribution in [0.15, 0.2) is 5.38 Å². The van der Waals surface area contributed by atoms with Crippen molar-refractivity contribution >= 4 is 17.2 Å². The zero-order valence-corrected chi connectivity index (χ0v) is 11.1. The third kappa shape index (κ3) is 3.51. The van der Waals surface area contributed by atoms with Crippen LogP contribution in [0.2, 0.25) is 0 Å². The third-order valence-electron chi connectivity index (χ3n) is 3.27. The summed E-state index contributed by atoms with van der Waals surface area (Å²) in [6, 6.07) is 0. The second kappa shape index (κ2) is 6.26. The van der Waals surface area contributed by atoms with Gasteiger partial charge in [0.05, 0.1) is 6.10 Å². The monoisotopic (exact) mass is 269 g/mol. The second-order valence-corrected chi connectivity index (χ2v) is 5.67. The molecule has 0 spiro atoms. The first-order valence-corrected chi connectivity index (χ1v) is 7.17. The largest absolute Gasteiger partial charge is 0.393 e. The summed E-state index contributed by atoms with van der Waals surface area (Å²) < 4.78 is 0. The van der Waals surface area contributed by atoms with E-state index in [1.807, 2.05) is 0 Å². The van der Waals surface area contributed by atoms with Gasteiger partial charge >= 0.3 is 0 Å². The minimum absolute atomic E-state index is 0.147. The van der Waals surface area contributed by atoms with Crippen LogP contribution in [-0.4, -0.2) is 28.6 Å². The Morgan fingerprint density at radius 3 is 3.11 bits per heavy atom. The van der Waals surface area contributed by atoms with Gasteiger partial charge in [0.2, 0.25) is 0 Å². The van der Waals surface area contributed by atoms with Crippen LogP contribution in [0.1, 0.15) is 41.2 Å². The topological polar surface area (TPSA) is 88.2 Å². The molecule has 0 saturated heterocycles. The molecule has 0 radical (unpaired) electrons. The number of thiazole rings is 1. The Bertz CT molecular complexity index is 408. The van der Waals surface area contributed by atoms with Crippen LogP contribution in [0.3, 0.4) is 0 Å². The van der Waals surface area contributed by atoms with E-state index in [1.165, 1.54) is 11.3 Å². The fourth-order valence-corrected chi connectivity index (χ4v) is 2.94. The van der Waals surface area contributed by atoms with Gasteiger partial charge in [-0.1, -0.05) is 6.42 Å². The number of carbonyl (C=O) groups is 1. The molecule has 2 atom stereocenters. The van der Waals surface area contributed by atoms with Gasteiger partial charge in [-0.15, -0.1) is 11.3 Å². The Kier molecular flexibility index (Phi) is 4.68. The average Bonchev–Trinajstić information content (AvgIpc) is 2.85. The fourth-order valence-electron chi connectivity index (χ4n) is 2.28. The quantitative estimate of drug-likeness (QED) is 0.757. The molecule has 1 fully saturated rings. The van der Waals surface area contributed by atoms with Gasteiger partial charge in [-0.25, -0.2) is 4.98 Å². The van der Waals surface area contributed by atoms with Crippen molar-refractivity contribution in [1.29, 1.82) is 0 Å². The Labute approximate surface area is 110 Å². The number of aliphatic hydroxyl groups is 1. The van der Waals surface area contributed by atoms with Crippen molar-refractivity contribution in [2.24, 2.45) is 11.7 Å². The van der Waals surface area contributed by atoms with Crippen molar-refractivity contribution in [2.45, 2.75) is 38.3 Å². The standard InChI is InChI=1S/C12H19N3O2S/c13-5-11-15-10(7-18-11)12(17)14-6-8-2-1-3-9(16)4-8/h7-9,16H,1-6,13H2,(H,14,17). The van der Waals surface area contributed by atoms with Crippen LogP contribution in [0, 0.1) is 5.92 Å². The van der Waals surface area contributed by atoms with Crippen LogP contribution in [0.4, 0.5) is 0 Å². The van der Waals surface area contributed by atoms with Crippen LogP contribution in [0.25, 0.3) is 0 Å². The number of hydrogen-bond acceptors (Lipinski definition) is 5. The molecule has 6 heteroatoms. The van der Waals surface area contributed by atoms with Crippen LogP contribution < -0.4 is 11.1 Å². The molecular weight excluding hydrogens is 250 g/mol. The van der Waals surface area contributed by atoms with Crippen molar-refractivity contribution in [3.63, 3.8) is 0 Å². The molecule has 2 rings (SSSR count). The zero-order chi connectivity index (χ0) is 13.0. The number of nitrogens with one attached hydrogen (secondary N) is 1. The lowest BCUT2D eigenvalue weighted by Gasteiger charge is -2.25. The molecule has 2 unspecified atom stereocenters. The van der Waals surface area contributed by atoms with Gasteiger partial charge in [0.15, 0.2) is 0 Å². The van der Waals surface area contributed by atoms with E-state index in [9.17, 15) is 9.90 Å². The molecule has 18 heavy (non-hydrogen) atoms. The average molecular weight is 269 g/mol. The number of nitrogens with zero attached hydrogens (tertiary/aromatic N) is 1. The highest BCUT2D eigenvalue weighted by atomic mass is 32.1. The third-order valence-corrected chi connectivity index (χ3v) is 4.14. The smallest absolute Gasteiger partial charge is 0.270 e. The summed E-state index contributed by atoms with van der Waals surface area (Å²) in [5.41, 5.74) is 5.90. The van der Waals surface area contributed by atoms with Gasteiger partial charge in [-0.05, 0) is 25.2 Å². The van der Waals surface area contributed by atoms with Crippen molar-refractivity contribution in [2.75, 3.05) is 6.54 Å². The lowest BCUT2D eigenvalue weighted by Crippen LogP contribution is -2.33. The van der Waals surface area contributed by atoms with Crippen molar-refractivity contribution < 1.29 is 9.90 Å². The Morgan fingerprint density at radius 1 is 1.61 bits per heavy atom. The molecule has 0 aromatic carbocycles. The Hall–Kier alpha value is -0.980. The highest BCUT2D eigenvalue weighted by molar-refractivity contribution is 7.09. The molecule has 1 aliphatic rings. The molecule has 5 nitrogen and oxygen atoms in total. The summed E-state index contributed by atoms with van der Waals surface area (Å²) in [5.74, 6) is 0.233. The first-order chi connectivity index (χ1) is 8.69. The molecule has 0 aliphatic heterocycles. The number of hydrogen-bond donors (Lipinski definition) is 3. The van der Waals surface area contributed by atoms with E-state index < -0.39 is 0 Å². The number of rotatable bonds is 4. The van der Waals surface area contributed by atoms with Crippen molar-refractivity contribution in [3.05, 3.63) is 16.1 Å². The predicted octanol–water partition coefficient (Wildman–Crippen LogP) is 0.883. The Morgan fingerprint density at radius 2 is 2.44 bits per heavy atom. The van der Waals surface area contributed by atoms with Crippen LogP contribution >= 0.6 is 11.3 Å². The summed E-state index contributed by atoms with van der Waals surface area (Å²) in [5, 5.41) is 14.9. The van der Waals surface area contributed by atoms with E-state index in [-0.39, 0.29) is 12.0 Å². The number of aromatic nitrogens is 1. The highest BCUT2D eigenvalue weighted by Crippen LogP contribution is 2.23. The SMILES string of the molecule is NCc1nc(C(=O)NCC2CCCC(O)C2)cs1. The van der Waals surface area contributed by atoms with E-state index in [0.29, 0.717) is 24.7 Å². The first kappa shape index (κ1) is 13.5. The van der Waals surface area contributed by atoms with Gasteiger partial charge in [0.1, 0.15) is 10.7 Å². The molecule has 0 bridgehead atoms. The molecule has 1 heterocycles. The zero-order valence-electron chi connectivity index (χ0n) is 10.3. The van der Waals surface area contributed by atoms with Gasteiger partial charge in [-0.2, -0.15) is 0 Å². The number of amides is 1. The van der Waals surface area contributed by atoms with Gasteiger partial charge in [0.25, 0.3) is 5.91 Å². The van der Waals surface area contributed by atoms with Crippen LogP contribution in [0.5, 0.6) is 0 Å². The highest BCUT2D eigenvalue weighted by Gasteiger charge is 2.21. The molecule has 100 valence electrons. The van der Waals surface area contributed by atoms with E-state index in [2.05, 4.69) is 10.3 Å². The summed E-state index contributed by atoms with van der Waals surface area (Å²) in [6.07, 6.45) is 3.57. The van der Waals surface area contributed by atoms with E-state index in [1.54, 1.807) is 5.38 Å². The van der Waals surface area contributed by atoms with E-state index in [0.717, 1.165) is 30.7 Å². The number of nitrogens with two attached hydrogens (primary N) is 1. The summed E-state index contributed by atoms with van der Waals surface area (Å²) in [7, 11) is 0. The maximum Gasteiger partial charge on any atom is 0.270 e. The molecule has 1 aromatic heterocycles. The predicted molar refractivity (Wildman–Crippen MR) is 70.3 cm³/mol. The lowest BCUT2D eigenvalue weighted by atomic mass is 9.87. The van der Waals surface area contributed by atoms with Gasteiger partial charge in [-0.3, -0.25) is 4.79 Å². The molecule has 1 aromatic rings. The minimum atomic E-state index is -0.205. The van der Waals surface area contributed by atoms with E-state index >= 15 is 0 Å². The normalized spacial score (nSPS) is 23.9. The second-order valence-electron chi connectivity index (χ2n) is 4.73. The van der Waals surface area contributed by atoms with Crippen molar-refractivity contribution in [1.82, 2.24) is 10.3 Å². The van der Waals surface area contributed by atoms with Gasteiger partial charge < -0.3 is 16.2 Å². The van der Waals surface area contributed by atoms with Crippen molar-refractivity contribution in [3.8, 4) is 0 Å². The van der Waals surface area contributed by atoms with Gasteiger partial charge in [0, 0.05) is 18.5 Å². The summed E-state index contributed by atoms with van der Waals surface area (Å²) in [4.78, 5) is 16.0. The molecule has 1 saturated carbocycles.